The van der Waals surface area contributed by atoms with Gasteiger partial charge in [-0.1, -0.05) is 59.3 Å². The molecule has 4 aliphatic rings. The fourth-order valence-corrected chi connectivity index (χ4v) is 8.75. The summed E-state index contributed by atoms with van der Waals surface area (Å²) in [5.74, 6) is 6.01. The van der Waals surface area contributed by atoms with E-state index in [0.29, 0.717) is 22.5 Å². The van der Waals surface area contributed by atoms with E-state index in [1.54, 1.807) is 0 Å². The summed E-state index contributed by atoms with van der Waals surface area (Å²) in [5, 5.41) is 0. The first kappa shape index (κ1) is 22.3. The van der Waals surface area contributed by atoms with E-state index in [0.717, 1.165) is 48.3 Å². The molecule has 0 aromatic carbocycles. The average molecular weight is 411 g/mol. The molecule has 0 heterocycles. The minimum atomic E-state index is 0.313. The first-order valence-electron chi connectivity index (χ1n) is 13.1. The number of allylic oxidation sites excluding steroid dienone is 3. The lowest BCUT2D eigenvalue weighted by atomic mass is 9.46. The molecule has 1 nitrogen and oxygen atoms in total. The number of hydrogen-bond acceptors (Lipinski definition) is 1. The first-order valence-corrected chi connectivity index (χ1v) is 13.1. The third-order valence-electron chi connectivity index (χ3n) is 10.7. The van der Waals surface area contributed by atoms with Gasteiger partial charge in [-0.15, -0.1) is 0 Å². The lowest BCUT2D eigenvalue weighted by Gasteiger charge is -2.58. The molecule has 0 amide bonds. The Morgan fingerprint density at radius 3 is 2.47 bits per heavy atom. The molecule has 3 fully saturated rings. The van der Waals surface area contributed by atoms with Gasteiger partial charge in [0.05, 0.1) is 0 Å². The average Bonchev–Trinajstić information content (AvgIpc) is 3.06. The van der Waals surface area contributed by atoms with Gasteiger partial charge >= 0.3 is 0 Å². The van der Waals surface area contributed by atoms with Crippen LogP contribution in [0.15, 0.2) is 23.8 Å². The maximum Gasteiger partial charge on any atom is 0.155 e. The summed E-state index contributed by atoms with van der Waals surface area (Å²) >= 11 is 0. The monoisotopic (exact) mass is 410 g/mol. The number of rotatable bonds is 5. The van der Waals surface area contributed by atoms with Crippen molar-refractivity contribution in [2.75, 3.05) is 0 Å². The van der Waals surface area contributed by atoms with Crippen molar-refractivity contribution in [2.45, 2.75) is 99.3 Å². The van der Waals surface area contributed by atoms with Crippen LogP contribution in [-0.4, -0.2) is 5.78 Å². The summed E-state index contributed by atoms with van der Waals surface area (Å²) in [6, 6.07) is 0. The van der Waals surface area contributed by atoms with Gasteiger partial charge in [-0.25, -0.2) is 0 Å². The van der Waals surface area contributed by atoms with Crippen LogP contribution in [0.5, 0.6) is 0 Å². The highest BCUT2D eigenvalue weighted by molar-refractivity contribution is 5.91. The van der Waals surface area contributed by atoms with Gasteiger partial charge in [-0.3, -0.25) is 4.79 Å². The lowest BCUT2D eigenvalue weighted by Crippen LogP contribution is -2.50. The van der Waals surface area contributed by atoms with Gasteiger partial charge in [-0.2, -0.15) is 0 Å². The molecule has 1 heteroatoms. The summed E-state index contributed by atoms with van der Waals surface area (Å²) in [6.45, 7) is 14.7. The molecule has 30 heavy (non-hydrogen) atoms. The van der Waals surface area contributed by atoms with Crippen LogP contribution in [-0.2, 0) is 4.79 Å². The van der Waals surface area contributed by atoms with Crippen LogP contribution < -0.4 is 0 Å². The zero-order valence-electron chi connectivity index (χ0n) is 20.5. The Hall–Kier alpha value is -0.850. The van der Waals surface area contributed by atoms with Crippen LogP contribution in [0, 0.1) is 52.3 Å². The Morgan fingerprint density at radius 2 is 1.77 bits per heavy atom. The molecule has 3 saturated carbocycles. The third-order valence-corrected chi connectivity index (χ3v) is 10.7. The Morgan fingerprint density at radius 1 is 1.00 bits per heavy atom. The topological polar surface area (TPSA) is 17.1 Å². The second-order valence-corrected chi connectivity index (χ2v) is 12.3. The Balaban J connectivity index is 1.52. The van der Waals surface area contributed by atoms with Gasteiger partial charge in [0.25, 0.3) is 0 Å². The molecule has 4 rings (SSSR count). The Bertz CT molecular complexity index is 714. The molecule has 0 saturated heterocycles. The molecular weight excluding hydrogens is 364 g/mol. The van der Waals surface area contributed by atoms with Gasteiger partial charge < -0.3 is 0 Å². The van der Waals surface area contributed by atoms with E-state index in [2.05, 4.69) is 59.8 Å². The van der Waals surface area contributed by atoms with Crippen LogP contribution in [0.3, 0.4) is 0 Å². The maximum atomic E-state index is 12.1. The summed E-state index contributed by atoms with van der Waals surface area (Å²) < 4.78 is 0. The van der Waals surface area contributed by atoms with Crippen molar-refractivity contribution in [2.24, 2.45) is 52.3 Å². The Labute approximate surface area is 186 Å². The highest BCUT2D eigenvalue weighted by atomic mass is 16.1. The smallest absolute Gasteiger partial charge is 0.155 e. The lowest BCUT2D eigenvalue weighted by molar-refractivity contribution is -0.117. The molecule has 0 aliphatic heterocycles. The molecule has 168 valence electrons. The van der Waals surface area contributed by atoms with Crippen molar-refractivity contribution in [1.29, 1.82) is 0 Å². The summed E-state index contributed by atoms with van der Waals surface area (Å²) in [7, 11) is 0. The van der Waals surface area contributed by atoms with Gasteiger partial charge in [0.2, 0.25) is 0 Å². The Kier molecular flexibility index (Phi) is 6.15. The van der Waals surface area contributed by atoms with Crippen molar-refractivity contribution in [3.05, 3.63) is 23.8 Å². The largest absolute Gasteiger partial charge is 0.295 e. The fourth-order valence-electron chi connectivity index (χ4n) is 8.75. The minimum absolute atomic E-state index is 0.313. The second kappa shape index (κ2) is 8.25. The summed E-state index contributed by atoms with van der Waals surface area (Å²) in [6.07, 6.45) is 18.5. The zero-order valence-corrected chi connectivity index (χ0v) is 20.5. The van der Waals surface area contributed by atoms with Gasteiger partial charge in [0.15, 0.2) is 5.78 Å². The molecule has 0 unspecified atom stereocenters. The van der Waals surface area contributed by atoms with E-state index < -0.39 is 0 Å². The highest BCUT2D eigenvalue weighted by Crippen LogP contribution is 2.67. The predicted molar refractivity (Wildman–Crippen MR) is 127 cm³/mol. The number of ketones is 1. The standard InChI is InChI=1S/C29H46O/c1-7-21(19(2)3)9-8-20(4)25-12-13-26-24-11-10-22-18-23(30)14-16-28(22,5)27(24)15-17-29(25,26)6/h8-9,18-21,24-27H,7,10-17H2,1-6H3/b9-8+/t20-,21-,24-,25+,26-,27-,28+,29-/m1/s1. The SMILES string of the molecule is CC[C@H](/C=C/[C@@H](C)[C@@H]1CC[C@@H]2[C@H]3CCC4=CC(=O)CC[C@]4(C)[C@@H]3CC[C@@]21C)C(C)C. The summed E-state index contributed by atoms with van der Waals surface area (Å²) in [4.78, 5) is 12.1. The normalized spacial score (nSPS) is 43.2. The number of carbonyl (C=O) groups excluding carboxylic acids is 1. The van der Waals surface area contributed by atoms with E-state index in [9.17, 15) is 4.79 Å². The molecule has 0 aromatic heterocycles. The van der Waals surface area contributed by atoms with Crippen molar-refractivity contribution in [1.82, 2.24) is 0 Å². The summed E-state index contributed by atoms with van der Waals surface area (Å²) in [5.41, 5.74) is 2.34. The van der Waals surface area contributed by atoms with E-state index in [1.807, 2.05) is 0 Å². The van der Waals surface area contributed by atoms with Crippen LogP contribution in [0.2, 0.25) is 0 Å². The van der Waals surface area contributed by atoms with Crippen LogP contribution in [0.4, 0.5) is 0 Å². The van der Waals surface area contributed by atoms with Crippen molar-refractivity contribution >= 4 is 5.78 Å². The van der Waals surface area contributed by atoms with Gasteiger partial charge in [0, 0.05) is 6.42 Å². The van der Waals surface area contributed by atoms with Gasteiger partial charge in [0.1, 0.15) is 0 Å². The number of carbonyl (C=O) groups is 1. The molecule has 0 aromatic rings. The van der Waals surface area contributed by atoms with Crippen LogP contribution in [0.25, 0.3) is 0 Å². The van der Waals surface area contributed by atoms with Gasteiger partial charge in [-0.05, 0) is 110 Å². The van der Waals surface area contributed by atoms with E-state index in [1.165, 1.54) is 50.5 Å². The molecule has 0 N–H and O–H groups in total. The quantitative estimate of drug-likeness (QED) is 0.419. The molecule has 0 spiro atoms. The highest BCUT2D eigenvalue weighted by Gasteiger charge is 2.59. The molecule has 4 aliphatic carbocycles. The first-order chi connectivity index (χ1) is 14.2. The second-order valence-electron chi connectivity index (χ2n) is 12.3. The predicted octanol–water partition coefficient (Wildman–Crippen LogP) is 8.01. The zero-order chi connectivity index (χ0) is 21.7. The van der Waals surface area contributed by atoms with E-state index in [4.69, 9.17) is 0 Å². The van der Waals surface area contributed by atoms with E-state index >= 15 is 0 Å². The van der Waals surface area contributed by atoms with Crippen LogP contribution >= 0.6 is 0 Å². The minimum Gasteiger partial charge on any atom is -0.295 e. The van der Waals surface area contributed by atoms with E-state index in [-0.39, 0.29) is 0 Å². The number of fused-ring (bicyclic) bond motifs is 5. The maximum absolute atomic E-state index is 12.1. The molecule has 8 atom stereocenters. The van der Waals surface area contributed by atoms with Crippen molar-refractivity contribution in [3.8, 4) is 0 Å². The van der Waals surface area contributed by atoms with Crippen molar-refractivity contribution < 1.29 is 4.79 Å². The fraction of sp³-hybridized carbons (Fsp3) is 0.828. The molecule has 0 radical (unpaired) electrons. The van der Waals surface area contributed by atoms with Crippen molar-refractivity contribution in [3.63, 3.8) is 0 Å². The molecule has 0 bridgehead atoms. The molecular formula is C29H46O. The number of hydrogen-bond donors (Lipinski definition) is 0. The third kappa shape index (κ3) is 3.57. The van der Waals surface area contributed by atoms with Crippen LogP contribution in [0.1, 0.15) is 99.3 Å².